The number of hydrogen-bond acceptors (Lipinski definition) is 5. The molecule has 2 aliphatic rings. The topological polar surface area (TPSA) is 54.0 Å². The second-order valence-electron chi connectivity index (χ2n) is 6.24. The molecule has 24 heavy (non-hydrogen) atoms. The van der Waals surface area contributed by atoms with Crippen LogP contribution in [-0.4, -0.2) is 68.8 Å². The molecule has 0 spiro atoms. The monoisotopic (exact) mass is 331 g/mol. The van der Waals surface area contributed by atoms with Gasteiger partial charge in [0.2, 0.25) is 12.7 Å². The zero-order valence-corrected chi connectivity index (χ0v) is 14.2. The number of amides is 1. The van der Waals surface area contributed by atoms with Crippen LogP contribution in [0.15, 0.2) is 24.3 Å². The van der Waals surface area contributed by atoms with Gasteiger partial charge in [0, 0.05) is 38.8 Å². The Hall–Kier alpha value is -2.05. The molecule has 1 amide bonds. The normalized spacial score (nSPS) is 18.2. The summed E-state index contributed by atoms with van der Waals surface area (Å²) in [5.41, 5.74) is 0.923. The Morgan fingerprint density at radius 1 is 1.21 bits per heavy atom. The fourth-order valence-electron chi connectivity index (χ4n) is 2.83. The van der Waals surface area contributed by atoms with Crippen molar-refractivity contribution in [3.05, 3.63) is 29.8 Å². The molecule has 0 aliphatic carbocycles. The second-order valence-corrected chi connectivity index (χ2v) is 6.24. The highest BCUT2D eigenvalue weighted by Gasteiger charge is 2.13. The molecule has 0 aromatic heterocycles. The molecule has 2 aliphatic heterocycles. The van der Waals surface area contributed by atoms with E-state index < -0.39 is 0 Å². The first-order valence-corrected chi connectivity index (χ1v) is 8.47. The molecule has 1 fully saturated rings. The molecule has 3 rings (SSSR count). The summed E-state index contributed by atoms with van der Waals surface area (Å²) in [5.74, 6) is 1.41. The van der Waals surface area contributed by atoms with E-state index in [1.807, 2.05) is 18.2 Å². The van der Waals surface area contributed by atoms with E-state index in [1.165, 1.54) is 0 Å². The van der Waals surface area contributed by atoms with Crippen LogP contribution < -0.4 is 14.8 Å². The molecule has 0 radical (unpaired) electrons. The van der Waals surface area contributed by atoms with Crippen LogP contribution in [-0.2, 0) is 4.79 Å². The van der Waals surface area contributed by atoms with Crippen LogP contribution in [0.4, 0.5) is 0 Å². The maximum absolute atomic E-state index is 11.9. The Morgan fingerprint density at radius 3 is 2.83 bits per heavy atom. The fraction of sp³-hybridized carbons (Fsp3) is 0.500. The molecule has 6 nitrogen and oxygen atoms in total. The van der Waals surface area contributed by atoms with Gasteiger partial charge in [-0.25, -0.2) is 0 Å². The molecular formula is C18H25N3O3. The molecule has 0 atom stereocenters. The van der Waals surface area contributed by atoms with Gasteiger partial charge in [-0.3, -0.25) is 4.79 Å². The summed E-state index contributed by atoms with van der Waals surface area (Å²) in [5, 5.41) is 2.93. The zero-order chi connectivity index (χ0) is 16.8. The van der Waals surface area contributed by atoms with Gasteiger partial charge in [0.1, 0.15) is 0 Å². The van der Waals surface area contributed by atoms with Gasteiger partial charge in [0.05, 0.1) is 0 Å². The van der Waals surface area contributed by atoms with E-state index in [2.05, 4.69) is 22.2 Å². The number of benzene rings is 1. The molecule has 0 unspecified atom stereocenters. The second kappa shape index (κ2) is 8.17. The van der Waals surface area contributed by atoms with Crippen molar-refractivity contribution in [2.45, 2.75) is 6.42 Å². The van der Waals surface area contributed by atoms with E-state index in [-0.39, 0.29) is 12.7 Å². The minimum Gasteiger partial charge on any atom is -0.454 e. The zero-order valence-electron chi connectivity index (χ0n) is 14.2. The Morgan fingerprint density at radius 2 is 2.00 bits per heavy atom. The molecule has 1 aromatic rings. The lowest BCUT2D eigenvalue weighted by Gasteiger charge is -2.32. The lowest BCUT2D eigenvalue weighted by Crippen LogP contribution is -2.45. The first kappa shape index (κ1) is 16.8. The van der Waals surface area contributed by atoms with Crippen LogP contribution in [0.25, 0.3) is 6.08 Å². The predicted octanol–water partition coefficient (Wildman–Crippen LogP) is 1.18. The van der Waals surface area contributed by atoms with Crippen molar-refractivity contribution >= 4 is 12.0 Å². The Balaban J connectivity index is 1.35. The standard InChI is InChI=1S/C18H25N3O3/c1-20-9-11-21(12-10-20)8-2-7-19-18(22)6-4-15-3-5-16-17(13-15)24-14-23-16/h3-6,13H,2,7-12,14H2,1H3,(H,19,22). The van der Waals surface area contributed by atoms with Gasteiger partial charge in [0.15, 0.2) is 11.5 Å². The quantitative estimate of drug-likeness (QED) is 0.627. The number of carbonyl (C=O) groups is 1. The highest BCUT2D eigenvalue weighted by atomic mass is 16.7. The average molecular weight is 331 g/mol. The minimum atomic E-state index is -0.0638. The van der Waals surface area contributed by atoms with E-state index >= 15 is 0 Å². The number of ether oxygens (including phenoxy) is 2. The van der Waals surface area contributed by atoms with Crippen LogP contribution in [0.3, 0.4) is 0 Å². The van der Waals surface area contributed by atoms with Crippen molar-refractivity contribution in [3.63, 3.8) is 0 Å². The van der Waals surface area contributed by atoms with Crippen molar-refractivity contribution in [2.75, 3.05) is 53.1 Å². The predicted molar refractivity (Wildman–Crippen MR) is 93.2 cm³/mol. The summed E-state index contributed by atoms with van der Waals surface area (Å²) in [6, 6.07) is 5.64. The number of carbonyl (C=O) groups excluding carboxylic acids is 1. The first-order chi connectivity index (χ1) is 11.7. The van der Waals surface area contributed by atoms with E-state index in [0.29, 0.717) is 6.54 Å². The third-order valence-electron chi connectivity index (χ3n) is 4.37. The summed E-state index contributed by atoms with van der Waals surface area (Å²) in [6.45, 7) is 6.51. The molecule has 2 heterocycles. The summed E-state index contributed by atoms with van der Waals surface area (Å²) < 4.78 is 10.6. The largest absolute Gasteiger partial charge is 0.454 e. The van der Waals surface area contributed by atoms with Gasteiger partial charge in [-0.05, 0) is 43.8 Å². The van der Waals surface area contributed by atoms with Gasteiger partial charge in [-0.15, -0.1) is 0 Å². The van der Waals surface area contributed by atoms with E-state index in [1.54, 1.807) is 12.2 Å². The number of likely N-dealkylation sites (N-methyl/N-ethyl adjacent to an activating group) is 1. The average Bonchev–Trinajstić information content (AvgIpc) is 3.06. The Kier molecular flexibility index (Phi) is 5.72. The van der Waals surface area contributed by atoms with Crippen LogP contribution in [0.2, 0.25) is 0 Å². The van der Waals surface area contributed by atoms with Crippen LogP contribution in [0.1, 0.15) is 12.0 Å². The molecule has 6 heteroatoms. The summed E-state index contributed by atoms with van der Waals surface area (Å²) >= 11 is 0. The molecule has 1 saturated heterocycles. The van der Waals surface area contributed by atoms with Crippen LogP contribution >= 0.6 is 0 Å². The van der Waals surface area contributed by atoms with Crippen molar-refractivity contribution in [2.24, 2.45) is 0 Å². The Labute approximate surface area is 143 Å². The number of fused-ring (bicyclic) bond motifs is 1. The van der Waals surface area contributed by atoms with Crippen molar-refractivity contribution < 1.29 is 14.3 Å². The SMILES string of the molecule is CN1CCN(CCCNC(=O)C=Cc2ccc3c(c2)OCO3)CC1. The molecular weight excluding hydrogens is 306 g/mol. The smallest absolute Gasteiger partial charge is 0.243 e. The summed E-state index contributed by atoms with van der Waals surface area (Å²) in [4.78, 5) is 16.7. The first-order valence-electron chi connectivity index (χ1n) is 8.47. The molecule has 1 aromatic carbocycles. The number of hydrogen-bond donors (Lipinski definition) is 1. The van der Waals surface area contributed by atoms with E-state index in [4.69, 9.17) is 9.47 Å². The van der Waals surface area contributed by atoms with Crippen molar-refractivity contribution in [1.82, 2.24) is 15.1 Å². The van der Waals surface area contributed by atoms with Gasteiger partial charge >= 0.3 is 0 Å². The van der Waals surface area contributed by atoms with Gasteiger partial charge in [0.25, 0.3) is 0 Å². The minimum absolute atomic E-state index is 0.0638. The fourth-order valence-corrected chi connectivity index (χ4v) is 2.83. The highest BCUT2D eigenvalue weighted by Crippen LogP contribution is 2.32. The molecule has 130 valence electrons. The number of nitrogens with one attached hydrogen (secondary N) is 1. The van der Waals surface area contributed by atoms with Crippen molar-refractivity contribution in [1.29, 1.82) is 0 Å². The number of rotatable bonds is 6. The number of nitrogens with zero attached hydrogens (tertiary/aromatic N) is 2. The maximum Gasteiger partial charge on any atom is 0.243 e. The lowest BCUT2D eigenvalue weighted by molar-refractivity contribution is -0.116. The number of piperazine rings is 1. The van der Waals surface area contributed by atoms with Gasteiger partial charge in [-0.2, -0.15) is 0 Å². The van der Waals surface area contributed by atoms with Crippen LogP contribution in [0, 0.1) is 0 Å². The molecule has 0 bridgehead atoms. The Bertz CT molecular complexity index is 595. The maximum atomic E-state index is 11.9. The molecule has 0 saturated carbocycles. The van der Waals surface area contributed by atoms with Crippen LogP contribution in [0.5, 0.6) is 11.5 Å². The van der Waals surface area contributed by atoms with Gasteiger partial charge in [-0.1, -0.05) is 6.07 Å². The van der Waals surface area contributed by atoms with E-state index in [9.17, 15) is 4.79 Å². The third kappa shape index (κ3) is 4.72. The lowest BCUT2D eigenvalue weighted by atomic mass is 10.2. The molecule has 1 N–H and O–H groups in total. The van der Waals surface area contributed by atoms with E-state index in [0.717, 1.165) is 56.2 Å². The van der Waals surface area contributed by atoms with Crippen molar-refractivity contribution in [3.8, 4) is 11.5 Å². The summed E-state index contributed by atoms with van der Waals surface area (Å²) in [7, 11) is 2.16. The third-order valence-corrected chi connectivity index (χ3v) is 4.37. The van der Waals surface area contributed by atoms with Gasteiger partial charge < -0.3 is 24.6 Å². The summed E-state index contributed by atoms with van der Waals surface area (Å²) in [6.07, 6.45) is 4.33. The highest BCUT2D eigenvalue weighted by molar-refractivity contribution is 5.91.